The van der Waals surface area contributed by atoms with Crippen molar-refractivity contribution in [2.24, 2.45) is 5.41 Å². The molecule has 0 aromatic heterocycles. The van der Waals surface area contributed by atoms with Crippen LogP contribution in [0.1, 0.15) is 50.7 Å². The van der Waals surface area contributed by atoms with Crippen molar-refractivity contribution in [2.75, 3.05) is 7.11 Å². The van der Waals surface area contributed by atoms with Crippen LogP contribution in [0.5, 0.6) is 5.75 Å². The first-order valence-electron chi connectivity index (χ1n) is 11.1. The van der Waals surface area contributed by atoms with Crippen LogP contribution in [-0.4, -0.2) is 18.9 Å². The minimum absolute atomic E-state index is 0.0252. The molecule has 1 aliphatic heterocycles. The third-order valence-corrected chi connectivity index (χ3v) is 6.72. The van der Waals surface area contributed by atoms with Crippen molar-refractivity contribution < 1.29 is 19.1 Å². The van der Waals surface area contributed by atoms with Gasteiger partial charge in [0.2, 0.25) is 0 Å². The Morgan fingerprint density at radius 1 is 1.15 bits per heavy atom. The molecule has 178 valence electrons. The zero-order valence-electron chi connectivity index (χ0n) is 19.6. The lowest BCUT2D eigenvalue weighted by Crippen LogP contribution is -2.38. The van der Waals surface area contributed by atoms with E-state index in [0.717, 1.165) is 11.3 Å². The molecule has 2 aromatic carbocycles. The summed E-state index contributed by atoms with van der Waals surface area (Å²) >= 11 is 12.8. The Labute approximate surface area is 209 Å². The number of hydrogen-bond donors (Lipinski definition) is 1. The third-order valence-electron chi connectivity index (χ3n) is 6.22. The summed E-state index contributed by atoms with van der Waals surface area (Å²) in [7, 11) is 1.50. The first kappa shape index (κ1) is 24.4. The van der Waals surface area contributed by atoms with Crippen LogP contribution in [0.15, 0.2) is 65.0 Å². The van der Waals surface area contributed by atoms with E-state index in [1.807, 2.05) is 37.3 Å². The van der Waals surface area contributed by atoms with E-state index in [1.165, 1.54) is 7.11 Å². The lowest BCUT2D eigenvalue weighted by Gasteiger charge is -2.39. The van der Waals surface area contributed by atoms with Crippen LogP contribution in [0.3, 0.4) is 0 Å². The third kappa shape index (κ3) is 4.73. The molecule has 0 unspecified atom stereocenters. The number of dihydropyridines is 1. The van der Waals surface area contributed by atoms with Crippen molar-refractivity contribution >= 4 is 35.0 Å². The van der Waals surface area contributed by atoms with Gasteiger partial charge in [-0.05, 0) is 36.5 Å². The number of nitrogens with one attached hydrogen (secondary N) is 1. The van der Waals surface area contributed by atoms with E-state index < -0.39 is 11.9 Å². The monoisotopic (exact) mass is 499 g/mol. The van der Waals surface area contributed by atoms with Gasteiger partial charge in [-0.15, -0.1) is 0 Å². The number of halogens is 2. The van der Waals surface area contributed by atoms with E-state index in [1.54, 1.807) is 12.1 Å². The molecule has 5 nitrogen and oxygen atoms in total. The number of ketones is 1. The summed E-state index contributed by atoms with van der Waals surface area (Å²) in [4.78, 5) is 27.0. The summed E-state index contributed by atoms with van der Waals surface area (Å²) in [5, 5.41) is 4.03. The molecule has 2 aromatic rings. The van der Waals surface area contributed by atoms with Crippen molar-refractivity contribution in [1.29, 1.82) is 0 Å². The predicted octanol–water partition coefficient (Wildman–Crippen LogP) is 6.35. The van der Waals surface area contributed by atoms with Crippen molar-refractivity contribution in [1.82, 2.24) is 5.32 Å². The second kappa shape index (κ2) is 9.47. The number of allylic oxidation sites excluding steroid dienone is 3. The Bertz CT molecular complexity index is 1210. The van der Waals surface area contributed by atoms with Crippen LogP contribution < -0.4 is 10.1 Å². The van der Waals surface area contributed by atoms with Gasteiger partial charge in [0.25, 0.3) is 0 Å². The average Bonchev–Trinajstić information content (AvgIpc) is 2.76. The van der Waals surface area contributed by atoms with Gasteiger partial charge in [-0.1, -0.05) is 67.4 Å². The van der Waals surface area contributed by atoms with Gasteiger partial charge in [0.1, 0.15) is 12.4 Å². The van der Waals surface area contributed by atoms with Gasteiger partial charge in [0.15, 0.2) is 5.78 Å². The zero-order chi connectivity index (χ0) is 24.6. The standard InChI is InChI=1S/C27H27Cl2NO4/c1-15-22(26(32)34-14-16-8-6-5-7-9-16)23(18-10-17(28)11-19(29)25(18)33-4)24-20(30-15)12-27(2,3)13-21(24)31/h5-11,23,30H,12-14H2,1-4H3/t23-/m0/s1. The van der Waals surface area contributed by atoms with Crippen molar-refractivity contribution in [3.8, 4) is 5.75 Å². The Hall–Kier alpha value is -2.76. The number of carbonyl (C=O) groups is 2. The molecule has 1 aliphatic carbocycles. The van der Waals surface area contributed by atoms with Crippen LogP contribution in [0.4, 0.5) is 0 Å². The largest absolute Gasteiger partial charge is 0.495 e. The molecule has 1 heterocycles. The number of Topliss-reactive ketones (excluding diaryl/α,β-unsaturated/α-hetero) is 1. The van der Waals surface area contributed by atoms with Gasteiger partial charge in [-0.3, -0.25) is 4.79 Å². The Balaban J connectivity index is 1.84. The molecule has 0 bridgehead atoms. The van der Waals surface area contributed by atoms with Crippen LogP contribution in [0.2, 0.25) is 10.0 Å². The molecule has 1 N–H and O–H groups in total. The van der Waals surface area contributed by atoms with E-state index in [-0.39, 0.29) is 17.8 Å². The number of rotatable bonds is 5. The number of methoxy groups -OCH3 is 1. The van der Waals surface area contributed by atoms with Crippen LogP contribution in [0, 0.1) is 5.41 Å². The number of carbonyl (C=O) groups excluding carboxylic acids is 2. The van der Waals surface area contributed by atoms with Gasteiger partial charge in [-0.25, -0.2) is 4.79 Å². The van der Waals surface area contributed by atoms with E-state index in [0.29, 0.717) is 51.0 Å². The summed E-state index contributed by atoms with van der Waals surface area (Å²) in [5.74, 6) is -0.873. The fourth-order valence-corrected chi connectivity index (χ4v) is 5.41. The maximum absolute atomic E-state index is 13.5. The second-order valence-corrected chi connectivity index (χ2v) is 10.3. The molecular formula is C27H27Cl2NO4. The highest BCUT2D eigenvalue weighted by Crippen LogP contribution is 2.50. The van der Waals surface area contributed by atoms with E-state index in [9.17, 15) is 9.59 Å². The molecule has 0 amide bonds. The molecule has 0 radical (unpaired) electrons. The van der Waals surface area contributed by atoms with E-state index >= 15 is 0 Å². The lowest BCUT2D eigenvalue weighted by atomic mass is 9.68. The fraction of sp³-hybridized carbons (Fsp3) is 0.333. The molecule has 2 aliphatic rings. The molecular weight excluding hydrogens is 473 g/mol. The van der Waals surface area contributed by atoms with Gasteiger partial charge in [0.05, 0.1) is 23.6 Å². The molecule has 0 saturated heterocycles. The van der Waals surface area contributed by atoms with Crippen LogP contribution in [0.25, 0.3) is 0 Å². The first-order valence-corrected chi connectivity index (χ1v) is 11.8. The summed E-state index contributed by atoms with van der Waals surface area (Å²) in [6, 6.07) is 12.7. The zero-order valence-corrected chi connectivity index (χ0v) is 21.1. The number of esters is 1. The summed E-state index contributed by atoms with van der Waals surface area (Å²) < 4.78 is 11.3. The van der Waals surface area contributed by atoms with Crippen molar-refractivity contribution in [3.63, 3.8) is 0 Å². The van der Waals surface area contributed by atoms with E-state index in [2.05, 4.69) is 19.2 Å². The van der Waals surface area contributed by atoms with Crippen molar-refractivity contribution in [3.05, 3.63) is 86.2 Å². The Morgan fingerprint density at radius 3 is 2.53 bits per heavy atom. The summed E-state index contributed by atoms with van der Waals surface area (Å²) in [6.45, 7) is 6.06. The normalized spacial score (nSPS) is 19.5. The van der Waals surface area contributed by atoms with Crippen molar-refractivity contribution in [2.45, 2.75) is 46.1 Å². The molecule has 0 spiro atoms. The highest BCUT2D eigenvalue weighted by Gasteiger charge is 2.44. The van der Waals surface area contributed by atoms with Crippen LogP contribution in [-0.2, 0) is 20.9 Å². The maximum atomic E-state index is 13.5. The number of hydrogen-bond acceptors (Lipinski definition) is 5. The highest BCUT2D eigenvalue weighted by molar-refractivity contribution is 6.35. The quantitative estimate of drug-likeness (QED) is 0.485. The minimum atomic E-state index is -0.714. The maximum Gasteiger partial charge on any atom is 0.337 e. The number of benzene rings is 2. The minimum Gasteiger partial charge on any atom is -0.495 e. The van der Waals surface area contributed by atoms with Gasteiger partial charge >= 0.3 is 5.97 Å². The van der Waals surface area contributed by atoms with E-state index in [4.69, 9.17) is 32.7 Å². The average molecular weight is 500 g/mol. The fourth-order valence-electron chi connectivity index (χ4n) is 4.83. The molecule has 0 saturated carbocycles. The molecule has 1 atom stereocenters. The van der Waals surface area contributed by atoms with Gasteiger partial charge in [0, 0.05) is 34.0 Å². The molecule has 34 heavy (non-hydrogen) atoms. The highest BCUT2D eigenvalue weighted by atomic mass is 35.5. The molecule has 0 fully saturated rings. The topological polar surface area (TPSA) is 64.6 Å². The van der Waals surface area contributed by atoms with Gasteiger partial charge < -0.3 is 14.8 Å². The Morgan fingerprint density at radius 2 is 1.85 bits per heavy atom. The number of ether oxygens (including phenoxy) is 2. The first-order chi connectivity index (χ1) is 16.1. The molecule has 7 heteroatoms. The SMILES string of the molecule is COc1c(Cl)cc(Cl)cc1[C@H]1C(C(=O)OCc2ccccc2)=C(C)NC2=C1C(=O)CC(C)(C)C2. The van der Waals surface area contributed by atoms with Crippen LogP contribution >= 0.6 is 23.2 Å². The van der Waals surface area contributed by atoms with Gasteiger partial charge in [-0.2, -0.15) is 0 Å². The summed E-state index contributed by atoms with van der Waals surface area (Å²) in [6.07, 6.45) is 1.04. The Kier molecular flexibility index (Phi) is 6.79. The second-order valence-electron chi connectivity index (χ2n) is 9.50. The summed E-state index contributed by atoms with van der Waals surface area (Å²) in [5.41, 5.74) is 3.55. The molecule has 4 rings (SSSR count). The predicted molar refractivity (Wildman–Crippen MR) is 133 cm³/mol. The lowest BCUT2D eigenvalue weighted by molar-refractivity contribution is -0.140. The smallest absolute Gasteiger partial charge is 0.337 e.